The van der Waals surface area contributed by atoms with Crippen LogP contribution < -0.4 is 0 Å². The molecule has 266 valence electrons. The molecule has 57 heavy (non-hydrogen) atoms. The summed E-state index contributed by atoms with van der Waals surface area (Å²) in [4.78, 5) is 25.5. The topological polar surface area (TPSA) is 90.7 Å². The molecule has 8 heteroatoms. The summed E-state index contributed by atoms with van der Waals surface area (Å²) in [5, 5.41) is 5.12. The van der Waals surface area contributed by atoms with Gasteiger partial charge in [-0.3, -0.25) is 0 Å². The van der Waals surface area contributed by atoms with Crippen molar-refractivity contribution >= 4 is 75.5 Å². The van der Waals surface area contributed by atoms with E-state index in [1.807, 2.05) is 97.1 Å². The second-order valence-electron chi connectivity index (χ2n) is 14.0. The molecule has 0 saturated heterocycles. The number of rotatable bonds is 5. The van der Waals surface area contributed by atoms with E-state index in [-0.39, 0.29) is 0 Å². The molecule has 5 aromatic heterocycles. The highest BCUT2D eigenvalue weighted by atomic mass is 32.1. The van der Waals surface area contributed by atoms with Gasteiger partial charge in [-0.1, -0.05) is 115 Å². The molecule has 0 saturated carbocycles. The van der Waals surface area contributed by atoms with Gasteiger partial charge in [0.15, 0.2) is 23.3 Å². The third-order valence-electron chi connectivity index (χ3n) is 10.6. The first-order valence-corrected chi connectivity index (χ1v) is 19.5. The lowest BCUT2D eigenvalue weighted by Gasteiger charge is -2.09. The monoisotopic (exact) mass is 749 g/mol. The summed E-state index contributed by atoms with van der Waals surface area (Å²) >= 11 is 1.73. The fourth-order valence-electron chi connectivity index (χ4n) is 7.83. The molecule has 5 heterocycles. The number of hydrogen-bond acceptors (Lipinski definition) is 8. The van der Waals surface area contributed by atoms with Gasteiger partial charge >= 0.3 is 0 Å². The lowest BCUT2D eigenvalue weighted by atomic mass is 10.1. The summed E-state index contributed by atoms with van der Waals surface area (Å²) in [6.45, 7) is 0. The summed E-state index contributed by atoms with van der Waals surface area (Å²) in [6.07, 6.45) is 0. The molecule has 0 spiro atoms. The van der Waals surface area contributed by atoms with E-state index in [0.29, 0.717) is 28.9 Å². The normalized spacial score (nSPS) is 11.9. The molecule has 0 unspecified atom stereocenters. The molecule has 0 bridgehead atoms. The Hall–Kier alpha value is -7.55. The summed E-state index contributed by atoms with van der Waals surface area (Å²) in [5.41, 5.74) is 9.40. The molecular weight excluding hydrogens is 723 g/mol. The Morgan fingerprint density at radius 3 is 1.86 bits per heavy atom. The smallest absolute Gasteiger partial charge is 0.167 e. The van der Waals surface area contributed by atoms with Crippen LogP contribution in [0, 0.1) is 0 Å². The Bertz CT molecular complexity index is 3540. The average Bonchev–Trinajstić information content (AvgIpc) is 3.97. The highest BCUT2D eigenvalue weighted by Crippen LogP contribution is 2.41. The SMILES string of the molecule is c1ccc(-c2nc(-c3ccc4oc5ccccc5c4c3)nc(-c3cccc4c3oc3cc(-c5nc(-c6ccccc6)c6sc7ccccc7c6n5)ccc34)n2)cc1. The highest BCUT2D eigenvalue weighted by Gasteiger charge is 2.21. The summed E-state index contributed by atoms with van der Waals surface area (Å²) in [7, 11) is 0. The van der Waals surface area contributed by atoms with E-state index in [1.165, 1.54) is 4.70 Å². The van der Waals surface area contributed by atoms with Gasteiger partial charge in [0.1, 0.15) is 22.3 Å². The predicted molar refractivity (Wildman–Crippen MR) is 230 cm³/mol. The number of nitrogens with zero attached hydrogens (tertiary/aromatic N) is 5. The lowest BCUT2D eigenvalue weighted by molar-refractivity contribution is 0.669. The Morgan fingerprint density at radius 1 is 0.368 bits per heavy atom. The number of aromatic nitrogens is 5. The van der Waals surface area contributed by atoms with Crippen LogP contribution in [0.1, 0.15) is 0 Å². The van der Waals surface area contributed by atoms with Crippen LogP contribution in [0.4, 0.5) is 0 Å². The predicted octanol–water partition coefficient (Wildman–Crippen LogP) is 13.2. The molecule has 0 amide bonds. The van der Waals surface area contributed by atoms with Crippen LogP contribution in [0.15, 0.2) is 173 Å². The van der Waals surface area contributed by atoms with Crippen LogP contribution in [0.5, 0.6) is 0 Å². The Balaban J connectivity index is 1.03. The van der Waals surface area contributed by atoms with Crippen LogP contribution in [-0.4, -0.2) is 24.9 Å². The molecule has 0 radical (unpaired) electrons. The minimum Gasteiger partial charge on any atom is -0.456 e. The molecule has 7 aromatic carbocycles. The largest absolute Gasteiger partial charge is 0.456 e. The van der Waals surface area contributed by atoms with Crippen LogP contribution in [0.2, 0.25) is 0 Å². The zero-order valence-corrected chi connectivity index (χ0v) is 30.9. The van der Waals surface area contributed by atoms with Crippen LogP contribution in [0.25, 0.3) is 121 Å². The molecule has 0 fully saturated rings. The van der Waals surface area contributed by atoms with Crippen molar-refractivity contribution in [2.75, 3.05) is 0 Å². The van der Waals surface area contributed by atoms with Crippen LogP contribution in [-0.2, 0) is 0 Å². The third kappa shape index (κ3) is 5.15. The van der Waals surface area contributed by atoms with E-state index in [9.17, 15) is 0 Å². The zero-order chi connectivity index (χ0) is 37.5. The first-order chi connectivity index (χ1) is 28.2. The molecule has 0 aliphatic carbocycles. The second kappa shape index (κ2) is 12.5. The van der Waals surface area contributed by atoms with Crippen molar-refractivity contribution in [2.24, 2.45) is 0 Å². The maximum atomic E-state index is 6.78. The van der Waals surface area contributed by atoms with Crippen LogP contribution >= 0.6 is 11.3 Å². The van der Waals surface area contributed by atoms with Gasteiger partial charge in [0.25, 0.3) is 0 Å². The summed E-state index contributed by atoms with van der Waals surface area (Å²) < 4.78 is 15.2. The molecule has 7 nitrogen and oxygen atoms in total. The number of thiophene rings is 1. The second-order valence-corrected chi connectivity index (χ2v) is 15.1. The third-order valence-corrected chi connectivity index (χ3v) is 11.7. The molecule has 12 rings (SSSR count). The zero-order valence-electron chi connectivity index (χ0n) is 30.0. The molecule has 0 aliphatic heterocycles. The molecule has 0 aliphatic rings. The van der Waals surface area contributed by atoms with E-state index < -0.39 is 0 Å². The van der Waals surface area contributed by atoms with Crippen LogP contribution in [0.3, 0.4) is 0 Å². The number of hydrogen-bond donors (Lipinski definition) is 0. The van der Waals surface area contributed by atoms with Gasteiger partial charge in [0.2, 0.25) is 0 Å². The van der Waals surface area contributed by atoms with Crippen molar-refractivity contribution in [1.29, 1.82) is 0 Å². The van der Waals surface area contributed by atoms with Crippen molar-refractivity contribution in [2.45, 2.75) is 0 Å². The van der Waals surface area contributed by atoms with Gasteiger partial charge < -0.3 is 8.83 Å². The van der Waals surface area contributed by atoms with Crippen molar-refractivity contribution < 1.29 is 8.83 Å². The standard InChI is InChI=1S/C49H27N5O2S/c1-3-12-28(13-4-1)42-45-43(35-17-8-10-21-41(35)57-45)51-47(50-42)31-22-24-33-34-18-11-19-36(44(34)56-40(33)27-31)49-53-46(29-14-5-2-6-15-29)52-48(54-49)30-23-25-39-37(26-30)32-16-7-9-20-38(32)55-39/h1-27H. The molecule has 0 N–H and O–H groups in total. The van der Waals surface area contributed by atoms with Gasteiger partial charge in [-0.05, 0) is 48.5 Å². The Labute approximate surface area is 328 Å². The van der Waals surface area contributed by atoms with Gasteiger partial charge in [0.05, 0.1) is 21.5 Å². The Kier molecular flexibility index (Phi) is 6.96. The number of para-hydroxylation sites is 2. The van der Waals surface area contributed by atoms with Crippen molar-refractivity contribution in [1.82, 2.24) is 24.9 Å². The Morgan fingerprint density at radius 2 is 1.00 bits per heavy atom. The van der Waals surface area contributed by atoms with E-state index >= 15 is 0 Å². The lowest BCUT2D eigenvalue weighted by Crippen LogP contribution is -2.00. The van der Waals surface area contributed by atoms with Crippen molar-refractivity contribution in [3.05, 3.63) is 164 Å². The average molecular weight is 750 g/mol. The highest BCUT2D eigenvalue weighted by molar-refractivity contribution is 7.26. The van der Waals surface area contributed by atoms with Crippen molar-refractivity contribution in [3.63, 3.8) is 0 Å². The minimum absolute atomic E-state index is 0.520. The molecular formula is C49H27N5O2S. The minimum atomic E-state index is 0.520. The number of benzene rings is 7. The molecule has 12 aromatic rings. The maximum absolute atomic E-state index is 6.78. The molecule has 0 atom stereocenters. The summed E-state index contributed by atoms with van der Waals surface area (Å²) in [5.74, 6) is 2.30. The van der Waals surface area contributed by atoms with Gasteiger partial charge in [-0.25, -0.2) is 24.9 Å². The van der Waals surface area contributed by atoms with Gasteiger partial charge in [-0.2, -0.15) is 0 Å². The van der Waals surface area contributed by atoms with Crippen molar-refractivity contribution in [3.8, 4) is 56.8 Å². The first kappa shape index (κ1) is 31.8. The van der Waals surface area contributed by atoms with Gasteiger partial charge in [-0.15, -0.1) is 11.3 Å². The van der Waals surface area contributed by atoms with E-state index in [4.69, 9.17) is 33.8 Å². The first-order valence-electron chi connectivity index (χ1n) is 18.7. The van der Waals surface area contributed by atoms with E-state index in [1.54, 1.807) is 11.3 Å². The fourth-order valence-corrected chi connectivity index (χ4v) is 8.99. The van der Waals surface area contributed by atoms with E-state index in [0.717, 1.165) is 87.4 Å². The maximum Gasteiger partial charge on any atom is 0.167 e. The summed E-state index contributed by atoms with van der Waals surface area (Å²) in [6, 6.07) is 55.2. The number of fused-ring (bicyclic) bond motifs is 9. The van der Waals surface area contributed by atoms with E-state index in [2.05, 4.69) is 66.7 Å². The quantitative estimate of drug-likeness (QED) is 0.173. The number of furan rings is 2. The fraction of sp³-hybridized carbons (Fsp3) is 0. The van der Waals surface area contributed by atoms with Gasteiger partial charge in [0, 0.05) is 53.9 Å².